The molecule has 0 radical (unpaired) electrons. The van der Waals surface area contributed by atoms with E-state index >= 15 is 0 Å². The first kappa shape index (κ1) is 22.6. The summed E-state index contributed by atoms with van der Waals surface area (Å²) in [6, 6.07) is 8.53. The molecule has 0 aliphatic heterocycles. The largest absolute Gasteiger partial charge is 0.491 e. The smallest absolute Gasteiger partial charge is 0.335 e. The number of aryl methyl sites for hydroxylation is 1. The van der Waals surface area contributed by atoms with Gasteiger partial charge in [-0.25, -0.2) is 9.59 Å². The zero-order valence-corrected chi connectivity index (χ0v) is 15.6. The molecule has 0 amide bonds. The average molecular weight is 391 g/mol. The Bertz CT molecular complexity index is 844. The van der Waals surface area contributed by atoms with Crippen molar-refractivity contribution in [1.82, 2.24) is 0 Å². The first-order valence-corrected chi connectivity index (χ1v) is 8.16. The van der Waals surface area contributed by atoms with Gasteiger partial charge in [-0.3, -0.25) is 10.1 Å². The van der Waals surface area contributed by atoms with Crippen LogP contribution in [0, 0.1) is 24.0 Å². The summed E-state index contributed by atoms with van der Waals surface area (Å²) in [5.74, 6) is -1.66. The van der Waals surface area contributed by atoms with Crippen LogP contribution in [-0.4, -0.2) is 44.9 Å². The minimum atomic E-state index is -1.11. The number of nitro benzene ring substituents is 1. The number of aliphatic hydroxyl groups excluding tert-OH is 1. The molecule has 0 heterocycles. The molecule has 0 saturated heterocycles. The van der Waals surface area contributed by atoms with Gasteiger partial charge < -0.3 is 20.1 Å². The van der Waals surface area contributed by atoms with E-state index in [1.807, 2.05) is 0 Å². The highest BCUT2D eigenvalue weighted by molar-refractivity contribution is 5.96. The molecule has 0 bridgehead atoms. The predicted molar refractivity (Wildman–Crippen MR) is 100 cm³/mol. The summed E-state index contributed by atoms with van der Waals surface area (Å²) < 4.78 is 5.26. The van der Waals surface area contributed by atoms with Crippen molar-refractivity contribution in [3.63, 3.8) is 0 Å². The van der Waals surface area contributed by atoms with Gasteiger partial charge in [-0.2, -0.15) is 0 Å². The summed E-state index contributed by atoms with van der Waals surface area (Å²) in [5.41, 5.74) is 1.06. The molecule has 9 nitrogen and oxygen atoms in total. The van der Waals surface area contributed by atoms with Gasteiger partial charge in [-0.05, 0) is 50.1 Å². The molecule has 28 heavy (non-hydrogen) atoms. The van der Waals surface area contributed by atoms with E-state index in [0.29, 0.717) is 11.3 Å². The minimum Gasteiger partial charge on any atom is -0.491 e. The Balaban J connectivity index is 0.000000283. The number of non-ortho nitro benzene ring substituents is 1. The lowest BCUT2D eigenvalue weighted by atomic mass is 10.0. The quantitative estimate of drug-likeness (QED) is 0.503. The molecule has 9 heteroatoms. The second-order valence-corrected chi connectivity index (χ2v) is 5.96. The maximum Gasteiger partial charge on any atom is 0.335 e. The van der Waals surface area contributed by atoms with Crippen LogP contribution in [0.2, 0.25) is 0 Å². The van der Waals surface area contributed by atoms with Crippen LogP contribution in [0.25, 0.3) is 0 Å². The van der Waals surface area contributed by atoms with Crippen molar-refractivity contribution in [1.29, 1.82) is 0 Å². The Hall–Kier alpha value is -3.46. The molecule has 150 valence electrons. The lowest BCUT2D eigenvalue weighted by Gasteiger charge is -2.09. The molecular formula is C19H21NO8. The topological polar surface area (TPSA) is 147 Å². The normalized spacial score (nSPS) is 11.0. The summed E-state index contributed by atoms with van der Waals surface area (Å²) in [4.78, 5) is 31.2. The van der Waals surface area contributed by atoms with Crippen LogP contribution in [0.5, 0.6) is 5.75 Å². The fourth-order valence-electron chi connectivity index (χ4n) is 2.22. The van der Waals surface area contributed by atoms with Crippen LogP contribution < -0.4 is 4.74 Å². The number of carboxylic acid groups (broad SMARTS) is 2. The van der Waals surface area contributed by atoms with Gasteiger partial charge >= 0.3 is 11.9 Å². The van der Waals surface area contributed by atoms with Crippen molar-refractivity contribution in [3.8, 4) is 5.75 Å². The van der Waals surface area contributed by atoms with Crippen LogP contribution in [0.3, 0.4) is 0 Å². The van der Waals surface area contributed by atoms with Crippen molar-refractivity contribution < 1.29 is 34.6 Å². The first-order chi connectivity index (χ1) is 13.0. The lowest BCUT2D eigenvalue weighted by Crippen LogP contribution is -2.13. The number of aromatic carboxylic acids is 2. The van der Waals surface area contributed by atoms with E-state index in [-0.39, 0.29) is 29.0 Å². The fourth-order valence-corrected chi connectivity index (χ4v) is 2.22. The first-order valence-electron chi connectivity index (χ1n) is 8.16. The van der Waals surface area contributed by atoms with Crippen LogP contribution in [0.1, 0.15) is 38.8 Å². The number of hydrogen-bond acceptors (Lipinski definition) is 6. The van der Waals surface area contributed by atoms with E-state index < -0.39 is 23.0 Å². The Kier molecular flexibility index (Phi) is 8.08. The van der Waals surface area contributed by atoms with Crippen molar-refractivity contribution in [2.75, 3.05) is 6.61 Å². The van der Waals surface area contributed by atoms with Crippen LogP contribution >= 0.6 is 0 Å². The van der Waals surface area contributed by atoms with Gasteiger partial charge in [-0.1, -0.05) is 6.07 Å². The summed E-state index contributed by atoms with van der Waals surface area (Å²) in [6.07, 6.45) is -0.556. The molecular weight excluding hydrogens is 370 g/mol. The van der Waals surface area contributed by atoms with Gasteiger partial charge in [-0.15, -0.1) is 0 Å². The van der Waals surface area contributed by atoms with Crippen molar-refractivity contribution in [2.45, 2.75) is 26.9 Å². The monoisotopic (exact) mass is 391 g/mol. The minimum absolute atomic E-state index is 0.0277. The third-order valence-electron chi connectivity index (χ3n) is 3.64. The molecule has 2 rings (SSSR count). The number of nitrogens with zero attached hydrogens (tertiary/aromatic N) is 1. The highest BCUT2D eigenvalue weighted by atomic mass is 16.6. The summed E-state index contributed by atoms with van der Waals surface area (Å²) >= 11 is 0. The van der Waals surface area contributed by atoms with E-state index in [9.17, 15) is 19.7 Å². The summed E-state index contributed by atoms with van der Waals surface area (Å²) in [5, 5.41) is 36.8. The maximum atomic E-state index is 10.6. The van der Waals surface area contributed by atoms with Crippen molar-refractivity contribution in [3.05, 3.63) is 68.8 Å². The van der Waals surface area contributed by atoms with Gasteiger partial charge in [0.2, 0.25) is 0 Å². The third-order valence-corrected chi connectivity index (χ3v) is 3.64. The molecule has 2 aromatic carbocycles. The average Bonchev–Trinajstić information content (AvgIpc) is 2.60. The van der Waals surface area contributed by atoms with Gasteiger partial charge in [0.1, 0.15) is 12.4 Å². The second-order valence-electron chi connectivity index (χ2n) is 5.96. The molecule has 0 fully saturated rings. The third kappa shape index (κ3) is 6.36. The number of hydrogen-bond donors (Lipinski definition) is 3. The maximum absolute atomic E-state index is 10.6. The highest BCUT2D eigenvalue weighted by Gasteiger charge is 2.13. The number of benzene rings is 2. The van der Waals surface area contributed by atoms with E-state index in [4.69, 9.17) is 20.1 Å². The number of carboxylic acids is 2. The van der Waals surface area contributed by atoms with E-state index in [2.05, 4.69) is 0 Å². The van der Waals surface area contributed by atoms with Crippen LogP contribution in [0.15, 0.2) is 36.4 Å². The molecule has 1 unspecified atom stereocenters. The molecule has 3 N–H and O–H groups in total. The van der Waals surface area contributed by atoms with Gasteiger partial charge in [0.25, 0.3) is 5.69 Å². The molecule has 2 aromatic rings. The number of rotatable bonds is 6. The van der Waals surface area contributed by atoms with Gasteiger partial charge in [0.05, 0.1) is 22.2 Å². The van der Waals surface area contributed by atoms with E-state index in [1.165, 1.54) is 43.3 Å². The molecule has 1 atom stereocenters. The van der Waals surface area contributed by atoms with Crippen molar-refractivity contribution in [2.24, 2.45) is 0 Å². The van der Waals surface area contributed by atoms with Gasteiger partial charge in [0.15, 0.2) is 0 Å². The Morgan fingerprint density at radius 3 is 2.04 bits per heavy atom. The number of aliphatic hydroxyl groups is 1. The number of carbonyl (C=O) groups is 2. The van der Waals surface area contributed by atoms with Crippen molar-refractivity contribution >= 4 is 17.6 Å². The number of ether oxygens (including phenoxy) is 1. The predicted octanol–water partition coefficient (Wildman–Crippen LogP) is 3.05. The second kappa shape index (κ2) is 10.0. The molecule has 0 saturated carbocycles. The van der Waals surface area contributed by atoms with Crippen LogP contribution in [-0.2, 0) is 0 Å². The lowest BCUT2D eigenvalue weighted by molar-refractivity contribution is -0.384. The number of nitro groups is 1. The molecule has 0 aliphatic carbocycles. The van der Waals surface area contributed by atoms with Gasteiger partial charge in [0, 0.05) is 12.1 Å². The SMILES string of the molecule is Cc1c(C(=O)O)cccc1C(=O)O.Cc1cc([N+](=O)[O-])ccc1OCC(C)O. The fraction of sp³-hybridized carbons (Fsp3) is 0.263. The molecule has 0 aliphatic rings. The summed E-state index contributed by atoms with van der Waals surface area (Å²) in [6.45, 7) is 5.00. The Labute approximate surface area is 161 Å². The molecule has 0 aromatic heterocycles. The zero-order valence-electron chi connectivity index (χ0n) is 15.6. The van der Waals surface area contributed by atoms with E-state index in [0.717, 1.165) is 0 Å². The Morgan fingerprint density at radius 1 is 1.11 bits per heavy atom. The summed E-state index contributed by atoms with van der Waals surface area (Å²) in [7, 11) is 0. The highest BCUT2D eigenvalue weighted by Crippen LogP contribution is 2.23. The van der Waals surface area contributed by atoms with Crippen LogP contribution in [0.4, 0.5) is 5.69 Å². The standard InChI is InChI=1S/C10H13NO4.C9H8O4/c1-7-5-9(11(13)14)3-4-10(7)15-6-8(2)12;1-5-6(8(10)11)3-2-4-7(5)9(12)13/h3-5,8,12H,6H2,1-2H3;2-4H,1H3,(H,10,11)(H,12,13). The zero-order chi connectivity index (χ0) is 21.4. The molecule has 0 spiro atoms. The Morgan fingerprint density at radius 2 is 1.64 bits per heavy atom. The van der Waals surface area contributed by atoms with E-state index in [1.54, 1.807) is 13.8 Å².